The van der Waals surface area contributed by atoms with Gasteiger partial charge in [0.1, 0.15) is 0 Å². The molecule has 1 N–H and O–H groups in total. The number of piperidine rings is 1. The van der Waals surface area contributed by atoms with Gasteiger partial charge in [-0.3, -0.25) is 4.90 Å². The molecule has 3 heteroatoms. The van der Waals surface area contributed by atoms with Crippen LogP contribution in [-0.2, 0) is 4.74 Å². The highest BCUT2D eigenvalue weighted by Gasteiger charge is 2.37. The van der Waals surface area contributed by atoms with Crippen LogP contribution in [0, 0.1) is 0 Å². The van der Waals surface area contributed by atoms with Crippen LogP contribution in [0.2, 0.25) is 0 Å². The molecule has 0 amide bonds. The summed E-state index contributed by atoms with van der Waals surface area (Å²) in [7, 11) is 3.90. The molecule has 1 heterocycles. The molecule has 1 aliphatic heterocycles. The highest BCUT2D eigenvalue weighted by Crippen LogP contribution is 2.29. The predicted molar refractivity (Wildman–Crippen MR) is 78.1 cm³/mol. The number of rotatable bonds is 8. The van der Waals surface area contributed by atoms with Gasteiger partial charge in [0.15, 0.2) is 0 Å². The van der Waals surface area contributed by atoms with E-state index in [1.807, 2.05) is 0 Å². The Morgan fingerprint density at radius 3 is 2.44 bits per heavy atom. The third-order valence-corrected chi connectivity index (χ3v) is 4.73. The van der Waals surface area contributed by atoms with Crippen molar-refractivity contribution in [3.8, 4) is 0 Å². The summed E-state index contributed by atoms with van der Waals surface area (Å²) >= 11 is 0. The number of nitrogens with zero attached hydrogens (tertiary/aromatic N) is 1. The van der Waals surface area contributed by atoms with E-state index < -0.39 is 0 Å². The molecule has 0 aromatic heterocycles. The number of nitrogens with one attached hydrogen (secondary N) is 1. The number of hydrogen-bond donors (Lipinski definition) is 1. The maximum Gasteiger partial charge on any atom is 0.0462 e. The summed E-state index contributed by atoms with van der Waals surface area (Å²) in [5, 5.41) is 3.55. The molecule has 0 saturated carbocycles. The molecule has 18 heavy (non-hydrogen) atoms. The predicted octanol–water partition coefficient (Wildman–Crippen LogP) is 2.66. The molecular formula is C15H32N2O. The van der Waals surface area contributed by atoms with E-state index in [4.69, 9.17) is 4.74 Å². The smallest absolute Gasteiger partial charge is 0.0462 e. The molecule has 0 aromatic rings. The van der Waals surface area contributed by atoms with Gasteiger partial charge in [0, 0.05) is 25.3 Å². The van der Waals surface area contributed by atoms with Gasteiger partial charge < -0.3 is 10.1 Å². The lowest BCUT2D eigenvalue weighted by Gasteiger charge is -2.48. The van der Waals surface area contributed by atoms with Crippen molar-refractivity contribution in [3.63, 3.8) is 0 Å². The first-order valence-corrected chi connectivity index (χ1v) is 7.60. The second kappa shape index (κ2) is 8.13. The van der Waals surface area contributed by atoms with E-state index in [2.05, 4.69) is 31.1 Å². The van der Waals surface area contributed by atoms with Gasteiger partial charge in [-0.2, -0.15) is 0 Å². The Hall–Kier alpha value is -0.120. The number of likely N-dealkylation sites (tertiary alicyclic amines) is 1. The maximum atomic E-state index is 5.19. The number of hydrogen-bond acceptors (Lipinski definition) is 3. The lowest BCUT2D eigenvalue weighted by atomic mass is 9.83. The SMILES string of the molecule is CCC(C)(C(CCCOC)NC)N1CCCCC1. The molecule has 2 unspecified atom stereocenters. The Bertz CT molecular complexity index is 217. The topological polar surface area (TPSA) is 24.5 Å². The minimum absolute atomic E-state index is 0.295. The van der Waals surface area contributed by atoms with Gasteiger partial charge in [0.05, 0.1) is 0 Å². The molecule has 2 atom stereocenters. The summed E-state index contributed by atoms with van der Waals surface area (Å²) < 4.78 is 5.19. The average Bonchev–Trinajstić information content (AvgIpc) is 2.44. The van der Waals surface area contributed by atoms with E-state index in [0.29, 0.717) is 11.6 Å². The molecule has 0 radical (unpaired) electrons. The first-order chi connectivity index (χ1) is 8.69. The van der Waals surface area contributed by atoms with Crippen LogP contribution < -0.4 is 5.32 Å². The standard InChI is InChI=1S/C15H32N2O/c1-5-15(2,17-11-7-6-8-12-17)14(16-3)10-9-13-18-4/h14,16H,5-13H2,1-4H3. The van der Waals surface area contributed by atoms with Crippen molar-refractivity contribution in [1.29, 1.82) is 0 Å². The van der Waals surface area contributed by atoms with Crippen molar-refractivity contribution in [2.24, 2.45) is 0 Å². The van der Waals surface area contributed by atoms with E-state index >= 15 is 0 Å². The van der Waals surface area contributed by atoms with E-state index in [0.717, 1.165) is 13.0 Å². The lowest BCUT2D eigenvalue weighted by Crippen LogP contribution is -2.59. The highest BCUT2D eigenvalue weighted by molar-refractivity contribution is 4.96. The normalized spacial score (nSPS) is 22.7. The second-order valence-electron chi connectivity index (χ2n) is 5.73. The number of ether oxygens (including phenoxy) is 1. The molecule has 1 fully saturated rings. The Morgan fingerprint density at radius 2 is 1.94 bits per heavy atom. The van der Waals surface area contributed by atoms with Gasteiger partial charge in [-0.15, -0.1) is 0 Å². The Labute approximate surface area is 113 Å². The van der Waals surface area contributed by atoms with Crippen molar-refractivity contribution in [3.05, 3.63) is 0 Å². The summed E-state index contributed by atoms with van der Waals surface area (Å²) in [6.45, 7) is 8.18. The van der Waals surface area contributed by atoms with Gasteiger partial charge in [0.2, 0.25) is 0 Å². The highest BCUT2D eigenvalue weighted by atomic mass is 16.5. The molecule has 1 saturated heterocycles. The van der Waals surface area contributed by atoms with Crippen LogP contribution in [0.1, 0.15) is 52.4 Å². The van der Waals surface area contributed by atoms with Crippen LogP contribution in [-0.4, -0.2) is 50.3 Å². The summed E-state index contributed by atoms with van der Waals surface area (Å²) in [6, 6.07) is 0.566. The summed E-state index contributed by atoms with van der Waals surface area (Å²) in [5.41, 5.74) is 0.295. The van der Waals surface area contributed by atoms with Crippen LogP contribution >= 0.6 is 0 Å². The minimum atomic E-state index is 0.295. The van der Waals surface area contributed by atoms with E-state index in [-0.39, 0.29) is 0 Å². The number of likely N-dealkylation sites (N-methyl/N-ethyl adjacent to an activating group) is 1. The Balaban J connectivity index is 2.62. The molecular weight excluding hydrogens is 224 g/mol. The van der Waals surface area contributed by atoms with E-state index in [9.17, 15) is 0 Å². The second-order valence-corrected chi connectivity index (χ2v) is 5.73. The van der Waals surface area contributed by atoms with Crippen LogP contribution in [0.15, 0.2) is 0 Å². The van der Waals surface area contributed by atoms with Crippen LogP contribution in [0.25, 0.3) is 0 Å². The molecule has 0 aromatic carbocycles. The fraction of sp³-hybridized carbons (Fsp3) is 1.00. The molecule has 1 rings (SSSR count). The van der Waals surface area contributed by atoms with Crippen molar-refractivity contribution in [2.75, 3.05) is 33.9 Å². The van der Waals surface area contributed by atoms with Crippen LogP contribution in [0.5, 0.6) is 0 Å². The van der Waals surface area contributed by atoms with Crippen LogP contribution in [0.3, 0.4) is 0 Å². The summed E-state index contributed by atoms with van der Waals surface area (Å²) in [6.07, 6.45) is 7.69. The third kappa shape index (κ3) is 3.94. The molecule has 0 bridgehead atoms. The van der Waals surface area contributed by atoms with Crippen LogP contribution in [0.4, 0.5) is 0 Å². The molecule has 0 aliphatic carbocycles. The minimum Gasteiger partial charge on any atom is -0.385 e. The fourth-order valence-electron chi connectivity index (χ4n) is 3.29. The molecule has 0 spiro atoms. The zero-order valence-corrected chi connectivity index (χ0v) is 12.8. The van der Waals surface area contributed by atoms with Crippen molar-refractivity contribution < 1.29 is 4.74 Å². The Kier molecular flexibility index (Phi) is 7.20. The lowest BCUT2D eigenvalue weighted by molar-refractivity contribution is 0.0396. The maximum absolute atomic E-state index is 5.19. The number of methoxy groups -OCH3 is 1. The van der Waals surface area contributed by atoms with Gasteiger partial charge in [-0.25, -0.2) is 0 Å². The van der Waals surface area contributed by atoms with Gasteiger partial charge in [0.25, 0.3) is 0 Å². The van der Waals surface area contributed by atoms with Gasteiger partial charge in [-0.05, 0) is 59.2 Å². The quantitative estimate of drug-likeness (QED) is 0.676. The van der Waals surface area contributed by atoms with E-state index in [1.54, 1.807) is 7.11 Å². The van der Waals surface area contributed by atoms with Crippen molar-refractivity contribution in [2.45, 2.75) is 64.0 Å². The van der Waals surface area contributed by atoms with Crippen molar-refractivity contribution >= 4 is 0 Å². The molecule has 1 aliphatic rings. The average molecular weight is 256 g/mol. The largest absolute Gasteiger partial charge is 0.385 e. The molecule has 108 valence electrons. The van der Waals surface area contributed by atoms with Gasteiger partial charge >= 0.3 is 0 Å². The zero-order chi connectivity index (χ0) is 13.4. The van der Waals surface area contributed by atoms with Gasteiger partial charge in [-0.1, -0.05) is 13.3 Å². The summed E-state index contributed by atoms with van der Waals surface area (Å²) in [5.74, 6) is 0. The first-order valence-electron chi connectivity index (χ1n) is 7.60. The molecule has 3 nitrogen and oxygen atoms in total. The first kappa shape index (κ1) is 15.9. The van der Waals surface area contributed by atoms with E-state index in [1.165, 1.54) is 45.2 Å². The van der Waals surface area contributed by atoms with Crippen molar-refractivity contribution in [1.82, 2.24) is 10.2 Å². The zero-order valence-electron chi connectivity index (χ0n) is 12.8. The monoisotopic (exact) mass is 256 g/mol. The fourth-order valence-corrected chi connectivity index (χ4v) is 3.29. The summed E-state index contributed by atoms with van der Waals surface area (Å²) in [4.78, 5) is 2.71. The Morgan fingerprint density at radius 1 is 1.28 bits per heavy atom. The third-order valence-electron chi connectivity index (χ3n) is 4.73.